The molecule has 1 aliphatic heterocycles. The van der Waals surface area contributed by atoms with Gasteiger partial charge in [0.2, 0.25) is 5.91 Å². The van der Waals surface area contributed by atoms with Gasteiger partial charge in [0.1, 0.15) is 11.1 Å². The largest absolute Gasteiger partial charge is 0.478 e. The number of carboxylic acids is 1. The maximum absolute atomic E-state index is 13.9. The van der Waals surface area contributed by atoms with Gasteiger partial charge in [-0.15, -0.1) is 0 Å². The molecule has 5 rings (SSSR count). The Balaban J connectivity index is 1.43. The van der Waals surface area contributed by atoms with Crippen molar-refractivity contribution in [2.75, 3.05) is 13.1 Å². The number of fused-ring (bicyclic) bond motifs is 4. The van der Waals surface area contributed by atoms with Crippen LogP contribution in [0.4, 0.5) is 13.2 Å². The minimum Gasteiger partial charge on any atom is -0.478 e. The van der Waals surface area contributed by atoms with Gasteiger partial charge in [-0.05, 0) is 59.7 Å². The van der Waals surface area contributed by atoms with Crippen molar-refractivity contribution in [3.63, 3.8) is 0 Å². The van der Waals surface area contributed by atoms with Crippen molar-refractivity contribution in [1.29, 1.82) is 0 Å². The quantitative estimate of drug-likeness (QED) is 0.529. The Hall–Kier alpha value is -3.11. The van der Waals surface area contributed by atoms with E-state index in [1.807, 2.05) is 6.92 Å². The summed E-state index contributed by atoms with van der Waals surface area (Å²) < 4.78 is 40.1. The van der Waals surface area contributed by atoms with Crippen molar-refractivity contribution in [2.45, 2.75) is 49.9 Å². The standard InChI is InChI=1S/C27H26ClF3N2O5/c1-13-14(2)26(13,32-21(34)15-8-16(22(35)36)10-17(9-15)27(29,30)31)23(37)33-7-6-25(38)19-5-4-18(28)11-20(19)24(25,3)12-33/h4-5,8-11,13-14,38H,6-7,12H2,1-3H3,(H,32,34)(H,35,36)/t13?,14?,24?,25-,26?/m0/s1. The Bertz CT molecular complexity index is 1390. The number of hydrogen-bond donors (Lipinski definition) is 3. The van der Waals surface area contributed by atoms with Gasteiger partial charge in [0.15, 0.2) is 0 Å². The second-order valence-corrected chi connectivity index (χ2v) is 11.3. The maximum atomic E-state index is 13.9. The van der Waals surface area contributed by atoms with Gasteiger partial charge in [-0.2, -0.15) is 13.2 Å². The summed E-state index contributed by atoms with van der Waals surface area (Å²) in [4.78, 5) is 40.1. The number of amides is 2. The van der Waals surface area contributed by atoms with Crippen LogP contribution >= 0.6 is 11.6 Å². The molecule has 11 heteroatoms. The third-order valence-electron chi connectivity index (χ3n) is 8.99. The molecule has 2 aromatic carbocycles. The molecular weight excluding hydrogens is 525 g/mol. The Morgan fingerprint density at radius 1 is 1.05 bits per heavy atom. The fourth-order valence-electron chi connectivity index (χ4n) is 6.36. The number of carbonyl (C=O) groups excluding carboxylic acids is 2. The lowest BCUT2D eigenvalue weighted by Crippen LogP contribution is -2.68. The zero-order valence-electron chi connectivity index (χ0n) is 20.8. The molecule has 202 valence electrons. The van der Waals surface area contributed by atoms with E-state index in [0.29, 0.717) is 17.2 Å². The number of hydrogen-bond acceptors (Lipinski definition) is 4. The van der Waals surface area contributed by atoms with Gasteiger partial charge < -0.3 is 20.4 Å². The normalized spacial score (nSPS) is 31.5. The Labute approximate surface area is 221 Å². The van der Waals surface area contributed by atoms with Gasteiger partial charge in [0.25, 0.3) is 5.91 Å². The van der Waals surface area contributed by atoms with Crippen molar-refractivity contribution in [1.82, 2.24) is 10.2 Å². The van der Waals surface area contributed by atoms with Gasteiger partial charge >= 0.3 is 12.1 Å². The van der Waals surface area contributed by atoms with Crippen LogP contribution in [0.5, 0.6) is 0 Å². The third kappa shape index (κ3) is 3.56. The lowest BCUT2D eigenvalue weighted by molar-refractivity contribution is -0.154. The monoisotopic (exact) mass is 550 g/mol. The first kappa shape index (κ1) is 26.5. The summed E-state index contributed by atoms with van der Waals surface area (Å²) in [5.74, 6) is -3.61. The van der Waals surface area contributed by atoms with Crippen LogP contribution in [0.1, 0.15) is 64.6 Å². The van der Waals surface area contributed by atoms with Crippen LogP contribution in [0.3, 0.4) is 0 Å². The number of benzene rings is 2. The highest BCUT2D eigenvalue weighted by molar-refractivity contribution is 6.30. The molecule has 3 unspecified atom stereocenters. The highest BCUT2D eigenvalue weighted by Gasteiger charge is 2.69. The van der Waals surface area contributed by atoms with Gasteiger partial charge in [-0.25, -0.2) is 4.79 Å². The SMILES string of the molecule is CC1C(C)C1(NC(=O)c1cc(C(=O)O)cc(C(F)(F)F)c1)C(=O)N1CC[C@]2(O)c3ccc(Cl)cc3C2(C)C1. The Morgan fingerprint density at radius 3 is 2.26 bits per heavy atom. The number of aliphatic hydroxyl groups is 1. The van der Waals surface area contributed by atoms with Crippen molar-refractivity contribution in [2.24, 2.45) is 11.8 Å². The lowest BCUT2D eigenvalue weighted by Gasteiger charge is -2.61. The summed E-state index contributed by atoms with van der Waals surface area (Å²) in [7, 11) is 0. The molecule has 1 saturated heterocycles. The number of aromatic carboxylic acids is 1. The fourth-order valence-corrected chi connectivity index (χ4v) is 6.53. The molecule has 4 atom stereocenters. The number of nitrogens with zero attached hydrogens (tertiary/aromatic N) is 1. The molecule has 1 saturated carbocycles. The summed E-state index contributed by atoms with van der Waals surface area (Å²) in [6.45, 7) is 5.76. The molecule has 2 aliphatic carbocycles. The Kier molecular flexibility index (Phi) is 5.71. The van der Waals surface area contributed by atoms with Crippen molar-refractivity contribution in [3.05, 3.63) is 69.2 Å². The number of rotatable bonds is 4. The number of carbonyl (C=O) groups is 3. The molecule has 3 aliphatic rings. The number of halogens is 4. The lowest BCUT2D eigenvalue weighted by atomic mass is 9.51. The summed E-state index contributed by atoms with van der Waals surface area (Å²) in [6, 6.07) is 7.16. The van der Waals surface area contributed by atoms with E-state index in [2.05, 4.69) is 5.32 Å². The van der Waals surface area contributed by atoms with Gasteiger partial charge in [-0.1, -0.05) is 38.4 Å². The zero-order valence-corrected chi connectivity index (χ0v) is 21.6. The summed E-state index contributed by atoms with van der Waals surface area (Å²) >= 11 is 6.18. The fraction of sp³-hybridized carbons (Fsp3) is 0.444. The minimum atomic E-state index is -4.86. The van der Waals surface area contributed by atoms with Crippen LogP contribution in [-0.4, -0.2) is 51.5 Å². The van der Waals surface area contributed by atoms with Crippen LogP contribution < -0.4 is 5.32 Å². The van der Waals surface area contributed by atoms with Crippen molar-refractivity contribution >= 4 is 29.4 Å². The number of alkyl halides is 3. The molecule has 1 heterocycles. The van der Waals surface area contributed by atoms with Crippen LogP contribution in [0.15, 0.2) is 36.4 Å². The van der Waals surface area contributed by atoms with Crippen LogP contribution in [-0.2, 0) is 22.0 Å². The van der Waals surface area contributed by atoms with E-state index < -0.39 is 57.2 Å². The molecule has 3 N–H and O–H groups in total. The first-order valence-corrected chi connectivity index (χ1v) is 12.5. The van der Waals surface area contributed by atoms with Crippen molar-refractivity contribution < 1.29 is 37.8 Å². The average molecular weight is 551 g/mol. The zero-order chi connectivity index (χ0) is 28.0. The highest BCUT2D eigenvalue weighted by atomic mass is 35.5. The maximum Gasteiger partial charge on any atom is 0.416 e. The molecule has 0 spiro atoms. The van der Waals surface area contributed by atoms with E-state index in [9.17, 15) is 37.8 Å². The highest BCUT2D eigenvalue weighted by Crippen LogP contribution is 2.60. The number of nitrogens with one attached hydrogen (secondary N) is 1. The summed E-state index contributed by atoms with van der Waals surface area (Å²) in [5.41, 5.74) is -4.15. The van der Waals surface area contributed by atoms with Crippen LogP contribution in [0.25, 0.3) is 0 Å². The van der Waals surface area contributed by atoms with E-state index in [1.54, 1.807) is 36.9 Å². The molecule has 38 heavy (non-hydrogen) atoms. The molecule has 0 radical (unpaired) electrons. The molecule has 0 aromatic heterocycles. The predicted molar refractivity (Wildman–Crippen MR) is 131 cm³/mol. The van der Waals surface area contributed by atoms with E-state index >= 15 is 0 Å². The number of carboxylic acid groups (broad SMARTS) is 1. The van der Waals surface area contributed by atoms with E-state index in [0.717, 1.165) is 17.2 Å². The number of piperidine rings is 1. The minimum absolute atomic E-state index is 0.166. The first-order chi connectivity index (χ1) is 17.6. The summed E-state index contributed by atoms with van der Waals surface area (Å²) in [5, 5.41) is 23.8. The van der Waals surface area contributed by atoms with Gasteiger partial charge in [-0.3, -0.25) is 9.59 Å². The molecular formula is C27H26ClF3N2O5. The van der Waals surface area contributed by atoms with E-state index in [1.165, 1.54) is 0 Å². The molecule has 7 nitrogen and oxygen atoms in total. The predicted octanol–water partition coefficient (Wildman–Crippen LogP) is 4.20. The Morgan fingerprint density at radius 2 is 1.68 bits per heavy atom. The van der Waals surface area contributed by atoms with Crippen molar-refractivity contribution in [3.8, 4) is 0 Å². The summed E-state index contributed by atoms with van der Waals surface area (Å²) in [6.07, 6.45) is -4.59. The first-order valence-electron chi connectivity index (χ1n) is 12.2. The second kappa shape index (κ2) is 8.19. The topological polar surface area (TPSA) is 107 Å². The molecule has 2 aromatic rings. The van der Waals surface area contributed by atoms with E-state index in [4.69, 9.17) is 11.6 Å². The molecule has 2 amide bonds. The van der Waals surface area contributed by atoms with Gasteiger partial charge in [0, 0.05) is 29.1 Å². The molecule has 0 bridgehead atoms. The smallest absolute Gasteiger partial charge is 0.416 e. The van der Waals surface area contributed by atoms with Gasteiger partial charge in [0.05, 0.1) is 11.1 Å². The third-order valence-corrected chi connectivity index (χ3v) is 9.23. The number of likely N-dealkylation sites (tertiary alicyclic amines) is 1. The van der Waals surface area contributed by atoms with Crippen LogP contribution in [0.2, 0.25) is 5.02 Å². The second-order valence-electron chi connectivity index (χ2n) is 10.9. The van der Waals surface area contributed by atoms with Crippen LogP contribution in [0, 0.1) is 11.8 Å². The average Bonchev–Trinajstić information content (AvgIpc) is 3.37. The van der Waals surface area contributed by atoms with E-state index in [-0.39, 0.29) is 31.3 Å². The molecule has 2 fully saturated rings.